The lowest BCUT2D eigenvalue weighted by molar-refractivity contribution is 1.31. The van der Waals surface area contributed by atoms with Crippen molar-refractivity contribution in [3.63, 3.8) is 0 Å². The molecule has 0 spiro atoms. The molecule has 0 bridgehead atoms. The molecule has 0 atom stereocenters. The van der Waals surface area contributed by atoms with Crippen LogP contribution in [0.4, 0.5) is 5.69 Å². The zero-order chi connectivity index (χ0) is 8.43. The first kappa shape index (κ1) is 8.48. The van der Waals surface area contributed by atoms with Gasteiger partial charge in [0.25, 0.3) is 0 Å². The van der Waals surface area contributed by atoms with Crippen LogP contribution in [0.1, 0.15) is 5.56 Å². The molecular weight excluding hydrogens is 155 g/mol. The monoisotopic (exact) mass is 168 g/mol. The van der Waals surface area contributed by atoms with Gasteiger partial charge in [-0.1, -0.05) is 7.92 Å². The molecule has 0 saturated heterocycles. The fourth-order valence-corrected chi connectivity index (χ4v) is 1.46. The Kier molecular flexibility index (Phi) is 2.45. The van der Waals surface area contributed by atoms with E-state index < -0.39 is 0 Å². The summed E-state index contributed by atoms with van der Waals surface area (Å²) in [6, 6.07) is 1.97. The Morgan fingerprint density at radius 1 is 1.45 bits per heavy atom. The predicted molar refractivity (Wildman–Crippen MR) is 51.8 cm³/mol. The van der Waals surface area contributed by atoms with Crippen molar-refractivity contribution in [1.82, 2.24) is 4.98 Å². The second kappa shape index (κ2) is 3.19. The van der Waals surface area contributed by atoms with Crippen LogP contribution in [0.25, 0.3) is 0 Å². The van der Waals surface area contributed by atoms with E-state index in [0.717, 1.165) is 16.7 Å². The van der Waals surface area contributed by atoms with Gasteiger partial charge in [-0.15, -0.1) is 0 Å². The van der Waals surface area contributed by atoms with Crippen molar-refractivity contribution in [1.29, 1.82) is 0 Å². The van der Waals surface area contributed by atoms with Crippen LogP contribution in [0, 0.1) is 6.92 Å². The Hall–Kier alpha value is -0.620. The van der Waals surface area contributed by atoms with E-state index in [4.69, 9.17) is 5.73 Å². The molecule has 0 unspecified atom stereocenters. The summed E-state index contributed by atoms with van der Waals surface area (Å²) in [6.07, 6.45) is 1.84. The van der Waals surface area contributed by atoms with Crippen LogP contribution >= 0.6 is 7.92 Å². The molecule has 0 aliphatic carbocycles. The number of hydrogen-bond acceptors (Lipinski definition) is 2. The summed E-state index contributed by atoms with van der Waals surface area (Å²) in [6.45, 7) is 6.32. The SMILES string of the molecule is Cc1cnc(P(C)C)cc1N. The number of aryl methyl sites for hydroxylation is 1. The Morgan fingerprint density at radius 3 is 2.55 bits per heavy atom. The fourth-order valence-electron chi connectivity index (χ4n) is 0.772. The van der Waals surface area contributed by atoms with Crippen LogP contribution in [0.2, 0.25) is 0 Å². The van der Waals surface area contributed by atoms with Gasteiger partial charge in [-0.2, -0.15) is 0 Å². The molecule has 11 heavy (non-hydrogen) atoms. The third-order valence-corrected chi connectivity index (χ3v) is 2.75. The summed E-state index contributed by atoms with van der Waals surface area (Å²) in [5.41, 5.74) is 8.77. The number of nitrogens with zero attached hydrogens (tertiary/aromatic N) is 1. The van der Waals surface area contributed by atoms with Gasteiger partial charge >= 0.3 is 0 Å². The smallest absolute Gasteiger partial charge is 0.0646 e. The third kappa shape index (κ3) is 1.90. The van der Waals surface area contributed by atoms with Gasteiger partial charge in [-0.25, -0.2) is 0 Å². The Bertz CT molecular complexity index is 258. The number of rotatable bonds is 1. The van der Waals surface area contributed by atoms with E-state index in [-0.39, 0.29) is 7.92 Å². The summed E-state index contributed by atoms with van der Waals surface area (Å²) in [5.74, 6) is 0. The summed E-state index contributed by atoms with van der Waals surface area (Å²) < 4.78 is 0. The van der Waals surface area contributed by atoms with Gasteiger partial charge in [0.2, 0.25) is 0 Å². The van der Waals surface area contributed by atoms with Crippen LogP contribution in [0.15, 0.2) is 12.3 Å². The lowest BCUT2D eigenvalue weighted by Crippen LogP contribution is -2.07. The molecule has 1 heterocycles. The van der Waals surface area contributed by atoms with Crippen molar-refractivity contribution in [2.24, 2.45) is 0 Å². The molecule has 0 fully saturated rings. The first-order chi connectivity index (χ1) is 5.11. The first-order valence-corrected chi connectivity index (χ1v) is 5.74. The van der Waals surface area contributed by atoms with Gasteiger partial charge in [-0.05, 0) is 31.9 Å². The van der Waals surface area contributed by atoms with Crippen molar-refractivity contribution in [2.45, 2.75) is 6.92 Å². The standard InChI is InChI=1S/C8H13N2P/c1-6-5-10-8(11(2)3)4-7(6)9/h4-5H,1-3H3,(H2,9,10). The van der Waals surface area contributed by atoms with Crippen molar-refractivity contribution in [3.05, 3.63) is 17.8 Å². The van der Waals surface area contributed by atoms with E-state index in [0.29, 0.717) is 0 Å². The second-order valence-electron chi connectivity index (χ2n) is 2.79. The molecule has 0 aromatic carbocycles. The van der Waals surface area contributed by atoms with Gasteiger partial charge in [0.05, 0.1) is 5.44 Å². The van der Waals surface area contributed by atoms with Gasteiger partial charge in [-0.3, -0.25) is 4.98 Å². The molecule has 1 rings (SSSR count). The van der Waals surface area contributed by atoms with Crippen LogP contribution in [-0.4, -0.2) is 18.3 Å². The quantitative estimate of drug-likeness (QED) is 0.642. The molecule has 0 radical (unpaired) electrons. The van der Waals surface area contributed by atoms with Crippen molar-refractivity contribution >= 4 is 19.0 Å². The molecule has 3 heteroatoms. The highest BCUT2D eigenvalue weighted by molar-refractivity contribution is 7.63. The van der Waals surface area contributed by atoms with Crippen molar-refractivity contribution in [3.8, 4) is 0 Å². The second-order valence-corrected chi connectivity index (χ2v) is 5.04. The molecule has 0 aliphatic rings. The van der Waals surface area contributed by atoms with Crippen LogP contribution < -0.4 is 11.2 Å². The van der Waals surface area contributed by atoms with Crippen LogP contribution in [0.5, 0.6) is 0 Å². The molecule has 0 saturated carbocycles. The Labute approximate surface area is 68.6 Å². The number of hydrogen-bond donors (Lipinski definition) is 1. The largest absolute Gasteiger partial charge is 0.398 e. The van der Waals surface area contributed by atoms with E-state index in [1.807, 2.05) is 19.2 Å². The Balaban J connectivity index is 3.05. The minimum Gasteiger partial charge on any atom is -0.398 e. The highest BCUT2D eigenvalue weighted by Crippen LogP contribution is 2.23. The molecular formula is C8H13N2P. The van der Waals surface area contributed by atoms with Gasteiger partial charge in [0, 0.05) is 11.9 Å². The zero-order valence-corrected chi connectivity index (χ0v) is 8.02. The molecule has 2 nitrogen and oxygen atoms in total. The zero-order valence-electron chi connectivity index (χ0n) is 7.13. The van der Waals surface area contributed by atoms with Gasteiger partial charge < -0.3 is 5.73 Å². The number of pyridine rings is 1. The normalized spacial score (nSPS) is 10.5. The molecule has 0 amide bonds. The number of nitrogen functional groups attached to an aromatic ring is 1. The number of aromatic nitrogens is 1. The van der Waals surface area contributed by atoms with Crippen LogP contribution in [0.3, 0.4) is 0 Å². The molecule has 2 N–H and O–H groups in total. The molecule has 1 aromatic rings. The van der Waals surface area contributed by atoms with Crippen molar-refractivity contribution < 1.29 is 0 Å². The molecule has 60 valence electrons. The predicted octanol–water partition coefficient (Wildman–Crippen LogP) is 1.34. The minimum atomic E-state index is -0.115. The van der Waals surface area contributed by atoms with Crippen LogP contribution in [-0.2, 0) is 0 Å². The van der Waals surface area contributed by atoms with Crippen molar-refractivity contribution in [2.75, 3.05) is 19.1 Å². The molecule has 1 aromatic heterocycles. The van der Waals surface area contributed by atoms with E-state index >= 15 is 0 Å². The summed E-state index contributed by atoms with van der Waals surface area (Å²) in [4.78, 5) is 4.29. The number of nitrogens with two attached hydrogens (primary N) is 1. The van der Waals surface area contributed by atoms with E-state index in [1.54, 1.807) is 0 Å². The Morgan fingerprint density at radius 2 is 2.09 bits per heavy atom. The average molecular weight is 168 g/mol. The van der Waals surface area contributed by atoms with E-state index in [9.17, 15) is 0 Å². The minimum absolute atomic E-state index is 0.115. The third-order valence-electron chi connectivity index (χ3n) is 1.59. The van der Waals surface area contributed by atoms with Gasteiger partial charge in [0.15, 0.2) is 0 Å². The lowest BCUT2D eigenvalue weighted by Gasteiger charge is -2.06. The topological polar surface area (TPSA) is 38.9 Å². The maximum Gasteiger partial charge on any atom is 0.0646 e. The fraction of sp³-hybridized carbons (Fsp3) is 0.375. The summed E-state index contributed by atoms with van der Waals surface area (Å²) >= 11 is 0. The highest BCUT2D eigenvalue weighted by Gasteiger charge is 2.01. The summed E-state index contributed by atoms with van der Waals surface area (Å²) in [7, 11) is -0.115. The maximum absolute atomic E-state index is 5.73. The van der Waals surface area contributed by atoms with E-state index in [2.05, 4.69) is 18.3 Å². The number of anilines is 1. The molecule has 0 aliphatic heterocycles. The lowest BCUT2D eigenvalue weighted by atomic mass is 10.3. The first-order valence-electron chi connectivity index (χ1n) is 3.50. The summed E-state index contributed by atoms with van der Waals surface area (Å²) in [5, 5.41) is 0. The van der Waals surface area contributed by atoms with E-state index in [1.165, 1.54) is 0 Å². The average Bonchev–Trinajstić information content (AvgIpc) is 1.94. The van der Waals surface area contributed by atoms with Gasteiger partial charge in [0.1, 0.15) is 0 Å². The highest BCUT2D eigenvalue weighted by atomic mass is 31.1. The maximum atomic E-state index is 5.73.